The van der Waals surface area contributed by atoms with Crippen LogP contribution in [0.5, 0.6) is 0 Å². The van der Waals surface area contributed by atoms with Crippen LogP contribution in [0.25, 0.3) is 0 Å². The molecule has 0 atom stereocenters. The lowest BCUT2D eigenvalue weighted by atomic mass is 9.45. The van der Waals surface area contributed by atoms with Crippen LogP contribution >= 0.6 is 0 Å². The molecule has 0 radical (unpaired) electrons. The predicted octanol–water partition coefficient (Wildman–Crippen LogP) is 10.8. The summed E-state index contributed by atoms with van der Waals surface area (Å²) in [4.78, 5) is 0. The van der Waals surface area contributed by atoms with Gasteiger partial charge in [-0.3, -0.25) is 0 Å². The summed E-state index contributed by atoms with van der Waals surface area (Å²) in [5, 5.41) is 0. The van der Waals surface area contributed by atoms with Crippen molar-refractivity contribution in [2.45, 2.75) is 37.1 Å². The van der Waals surface area contributed by atoms with Crippen molar-refractivity contribution in [3.8, 4) is 35.2 Å². The normalized spacial score (nSPS) is 13.0. The smallest absolute Gasteiger partial charge is 0.416 e. The Bertz CT molecular complexity index is 1630. The maximum atomic E-state index is 16.1. The summed E-state index contributed by atoms with van der Waals surface area (Å²) >= 11 is 0. The van der Waals surface area contributed by atoms with Gasteiger partial charge < -0.3 is 4.32 Å². The highest BCUT2D eigenvalue weighted by atomic mass is 19.4. The molecular formula is C30H9BF19-. The van der Waals surface area contributed by atoms with E-state index < -0.39 is 93.6 Å². The van der Waals surface area contributed by atoms with Crippen LogP contribution in [-0.2, 0) is 37.1 Å². The molecule has 0 fully saturated rings. The minimum atomic E-state index is -5.45. The molecule has 50 heavy (non-hydrogen) atoms. The van der Waals surface area contributed by atoms with Gasteiger partial charge in [0, 0.05) is 16.7 Å². The van der Waals surface area contributed by atoms with Crippen LogP contribution < -0.4 is 0 Å². The van der Waals surface area contributed by atoms with E-state index in [0.717, 1.165) is 0 Å². The van der Waals surface area contributed by atoms with Crippen LogP contribution in [0.2, 0.25) is 0 Å². The number of benzene rings is 3. The van der Waals surface area contributed by atoms with Crippen LogP contribution in [-0.4, -0.2) is 6.42 Å². The molecule has 0 aliphatic rings. The summed E-state index contributed by atoms with van der Waals surface area (Å²) < 4.78 is 254. The highest BCUT2D eigenvalue weighted by Gasteiger charge is 2.39. The molecule has 266 valence electrons. The standard InChI is InChI=1S/C30H9BF19/c32-25(33,34)19-7-16(8-20(13-19)26(35,36)37)1-4-31(50,5-2-17-9-21(27(38,39)40)14-22(10-17)28(41,42)43)6-3-18-11-23(29(44,45)46)15-24(12-18)30(47,48)49/h7-15H/q-1. The molecule has 0 aliphatic heterocycles. The lowest BCUT2D eigenvalue weighted by molar-refractivity contribution is -0.144. The van der Waals surface area contributed by atoms with Crippen molar-refractivity contribution >= 4 is 6.42 Å². The third-order valence-corrected chi connectivity index (χ3v) is 6.01. The second kappa shape index (κ2) is 13.1. The molecule has 0 amide bonds. The molecule has 0 nitrogen and oxygen atoms in total. The quantitative estimate of drug-likeness (QED) is 0.122. The molecule has 0 saturated heterocycles. The van der Waals surface area contributed by atoms with Gasteiger partial charge >= 0.3 is 43.5 Å². The molecule has 20 heteroatoms. The topological polar surface area (TPSA) is 0 Å². The van der Waals surface area contributed by atoms with Crippen molar-refractivity contribution in [1.82, 2.24) is 0 Å². The summed E-state index contributed by atoms with van der Waals surface area (Å²) in [5.74, 6) is 8.60. The van der Waals surface area contributed by atoms with E-state index in [-0.39, 0.29) is 54.6 Å². The highest BCUT2D eigenvalue weighted by molar-refractivity contribution is 6.95. The number of hydrogen-bond acceptors (Lipinski definition) is 0. The minimum Gasteiger partial charge on any atom is -0.472 e. The summed E-state index contributed by atoms with van der Waals surface area (Å²) in [7, 11) is 0. The van der Waals surface area contributed by atoms with Gasteiger partial charge in [0.2, 0.25) is 0 Å². The van der Waals surface area contributed by atoms with Crippen LogP contribution in [0.3, 0.4) is 0 Å². The maximum Gasteiger partial charge on any atom is 0.416 e. The second-order valence-electron chi connectivity index (χ2n) is 9.95. The Balaban J connectivity index is 2.36. The zero-order valence-electron chi connectivity index (χ0n) is 23.5. The average molecular weight is 741 g/mol. The van der Waals surface area contributed by atoms with Gasteiger partial charge in [-0.2, -0.15) is 79.0 Å². The molecule has 3 rings (SSSR count). The first kappa shape index (κ1) is 39.5. The molecule has 3 aromatic carbocycles. The Morgan fingerprint density at radius 1 is 0.300 bits per heavy atom. The van der Waals surface area contributed by atoms with Gasteiger partial charge in [-0.15, -0.1) is 17.8 Å². The number of alkyl halides is 18. The van der Waals surface area contributed by atoms with Crippen molar-refractivity contribution in [2.24, 2.45) is 0 Å². The maximum absolute atomic E-state index is 16.1. The molecule has 0 bridgehead atoms. The molecular weight excluding hydrogens is 732 g/mol. The van der Waals surface area contributed by atoms with Crippen LogP contribution in [0.1, 0.15) is 50.1 Å². The molecule has 0 unspecified atom stereocenters. The number of hydrogen-bond donors (Lipinski definition) is 0. The van der Waals surface area contributed by atoms with Gasteiger partial charge in [-0.05, 0) is 54.6 Å². The van der Waals surface area contributed by atoms with Gasteiger partial charge in [0.05, 0.1) is 33.4 Å². The Kier molecular flexibility index (Phi) is 10.3. The summed E-state index contributed by atoms with van der Waals surface area (Å²) in [6.07, 6.45) is -37.6. The van der Waals surface area contributed by atoms with E-state index in [1.807, 2.05) is 0 Å². The lowest BCUT2D eigenvalue weighted by Gasteiger charge is -2.15. The van der Waals surface area contributed by atoms with E-state index >= 15 is 4.32 Å². The fourth-order valence-corrected chi connectivity index (χ4v) is 3.74. The Morgan fingerprint density at radius 2 is 0.460 bits per heavy atom. The SMILES string of the molecule is F[B-](C#Cc1cc(C(F)(F)F)cc(C(F)(F)F)c1)(C#Cc1cc(C(F)(F)F)cc(C(F)(F)F)c1)C#Cc1cc(C(F)(F)F)cc(C(F)(F)F)c1. The first-order valence-corrected chi connectivity index (χ1v) is 12.7. The van der Waals surface area contributed by atoms with Crippen molar-refractivity contribution < 1.29 is 83.3 Å². The van der Waals surface area contributed by atoms with Gasteiger partial charge in [-0.1, -0.05) is 0 Å². The third kappa shape index (κ3) is 10.5. The molecule has 0 aromatic heterocycles. The second-order valence-corrected chi connectivity index (χ2v) is 9.95. The molecule has 3 aromatic rings. The van der Waals surface area contributed by atoms with E-state index in [2.05, 4.69) is 0 Å². The first-order valence-electron chi connectivity index (χ1n) is 12.7. The van der Waals surface area contributed by atoms with E-state index in [1.54, 1.807) is 0 Å². The summed E-state index contributed by atoms with van der Waals surface area (Å²) in [5.41, 5.74) is -15.6. The van der Waals surface area contributed by atoms with E-state index in [1.165, 1.54) is 35.2 Å². The molecule has 0 spiro atoms. The van der Waals surface area contributed by atoms with E-state index in [4.69, 9.17) is 0 Å². The fraction of sp³-hybridized carbons (Fsp3) is 0.200. The molecule has 0 N–H and O–H groups in total. The lowest BCUT2D eigenvalue weighted by Crippen LogP contribution is -2.24. The number of rotatable bonds is 0. The Labute approximate surface area is 267 Å². The van der Waals surface area contributed by atoms with E-state index in [0.29, 0.717) is 0 Å². The zero-order chi connectivity index (χ0) is 38.3. The summed E-state index contributed by atoms with van der Waals surface area (Å²) in [6.45, 7) is 0. The van der Waals surface area contributed by atoms with Crippen molar-refractivity contribution in [3.63, 3.8) is 0 Å². The highest BCUT2D eigenvalue weighted by Crippen LogP contribution is 2.39. The van der Waals surface area contributed by atoms with E-state index in [9.17, 15) is 79.0 Å². The largest absolute Gasteiger partial charge is 0.472 e. The first-order chi connectivity index (χ1) is 22.4. The van der Waals surface area contributed by atoms with Crippen LogP contribution in [0.15, 0.2) is 54.6 Å². The fourth-order valence-electron chi connectivity index (χ4n) is 3.74. The number of halogens is 19. The van der Waals surface area contributed by atoms with Gasteiger partial charge in [0.1, 0.15) is 0 Å². The predicted molar refractivity (Wildman–Crippen MR) is 137 cm³/mol. The Hall–Kier alpha value is -4.93. The van der Waals surface area contributed by atoms with Crippen LogP contribution in [0, 0.1) is 35.2 Å². The van der Waals surface area contributed by atoms with Gasteiger partial charge in [0.25, 0.3) is 0 Å². The van der Waals surface area contributed by atoms with Gasteiger partial charge in [-0.25, -0.2) is 17.5 Å². The van der Waals surface area contributed by atoms with Crippen LogP contribution in [0.4, 0.5) is 83.3 Å². The van der Waals surface area contributed by atoms with Crippen molar-refractivity contribution in [1.29, 1.82) is 0 Å². The molecule has 0 heterocycles. The minimum absolute atomic E-state index is 0.0373. The average Bonchev–Trinajstić information content (AvgIpc) is 2.95. The molecule has 0 aliphatic carbocycles. The Morgan fingerprint density at radius 3 is 0.600 bits per heavy atom. The molecule has 0 saturated carbocycles. The zero-order valence-corrected chi connectivity index (χ0v) is 23.5. The van der Waals surface area contributed by atoms with Crippen molar-refractivity contribution in [3.05, 3.63) is 105 Å². The van der Waals surface area contributed by atoms with Crippen molar-refractivity contribution in [2.75, 3.05) is 0 Å². The third-order valence-electron chi connectivity index (χ3n) is 6.01. The van der Waals surface area contributed by atoms with Gasteiger partial charge in [0.15, 0.2) is 0 Å². The monoisotopic (exact) mass is 741 g/mol. The summed E-state index contributed by atoms with van der Waals surface area (Å²) in [6, 6.07) is -1.32.